The molecular formula is C16H25N3O3. The van der Waals surface area contributed by atoms with Crippen LogP contribution >= 0.6 is 0 Å². The Morgan fingerprint density at radius 1 is 1.45 bits per heavy atom. The van der Waals surface area contributed by atoms with Crippen molar-refractivity contribution in [1.29, 1.82) is 0 Å². The molecule has 1 aliphatic rings. The van der Waals surface area contributed by atoms with Crippen LogP contribution in [0.1, 0.15) is 13.8 Å². The van der Waals surface area contributed by atoms with Gasteiger partial charge in [0.1, 0.15) is 6.54 Å². The van der Waals surface area contributed by atoms with E-state index in [1.807, 2.05) is 0 Å². The summed E-state index contributed by atoms with van der Waals surface area (Å²) in [5, 5.41) is 2.85. The maximum Gasteiger partial charge on any atom is 0.250 e. The van der Waals surface area contributed by atoms with E-state index in [0.29, 0.717) is 19.1 Å². The van der Waals surface area contributed by atoms with E-state index in [-0.39, 0.29) is 24.1 Å². The molecule has 22 heavy (non-hydrogen) atoms. The van der Waals surface area contributed by atoms with Gasteiger partial charge < -0.3 is 14.6 Å². The largest absolute Gasteiger partial charge is 0.374 e. The van der Waals surface area contributed by atoms with E-state index in [2.05, 4.69) is 24.1 Å². The highest BCUT2D eigenvalue weighted by molar-refractivity contribution is 5.75. The quantitative estimate of drug-likeness (QED) is 0.822. The van der Waals surface area contributed by atoms with Crippen LogP contribution in [0.4, 0.5) is 0 Å². The Hall–Kier alpha value is -1.66. The first kappa shape index (κ1) is 16.7. The van der Waals surface area contributed by atoms with E-state index in [0.717, 1.165) is 19.6 Å². The Labute approximate surface area is 131 Å². The summed E-state index contributed by atoms with van der Waals surface area (Å²) >= 11 is 0. The fourth-order valence-electron chi connectivity index (χ4n) is 2.62. The normalized spacial score (nSPS) is 19.3. The average molecular weight is 307 g/mol. The molecule has 1 fully saturated rings. The van der Waals surface area contributed by atoms with Crippen molar-refractivity contribution in [3.05, 3.63) is 34.7 Å². The molecule has 1 aromatic rings. The van der Waals surface area contributed by atoms with Crippen LogP contribution in [0, 0.1) is 5.92 Å². The van der Waals surface area contributed by atoms with Gasteiger partial charge in [-0.25, -0.2) is 0 Å². The molecule has 1 saturated heterocycles. The van der Waals surface area contributed by atoms with E-state index in [1.165, 1.54) is 10.6 Å². The lowest BCUT2D eigenvalue weighted by molar-refractivity contribution is -0.123. The van der Waals surface area contributed by atoms with Crippen LogP contribution in [-0.2, 0) is 16.1 Å². The zero-order chi connectivity index (χ0) is 15.9. The van der Waals surface area contributed by atoms with Gasteiger partial charge in [0.25, 0.3) is 5.56 Å². The molecule has 1 N–H and O–H groups in total. The third-order valence-corrected chi connectivity index (χ3v) is 3.59. The van der Waals surface area contributed by atoms with E-state index in [9.17, 15) is 9.59 Å². The van der Waals surface area contributed by atoms with Gasteiger partial charge in [0.15, 0.2) is 0 Å². The fourth-order valence-corrected chi connectivity index (χ4v) is 2.62. The van der Waals surface area contributed by atoms with Crippen LogP contribution in [0.25, 0.3) is 0 Å². The summed E-state index contributed by atoms with van der Waals surface area (Å²) in [6, 6.07) is 4.85. The number of pyridine rings is 1. The lowest BCUT2D eigenvalue weighted by Crippen LogP contribution is -2.48. The van der Waals surface area contributed by atoms with Gasteiger partial charge in [0.05, 0.1) is 12.7 Å². The smallest absolute Gasteiger partial charge is 0.250 e. The number of rotatable bonds is 6. The first-order valence-corrected chi connectivity index (χ1v) is 7.80. The SMILES string of the molecule is CC(C)CN1CCOC(CNC(=O)Cn2ccccc2=O)C1. The summed E-state index contributed by atoms with van der Waals surface area (Å²) in [6.07, 6.45) is 1.63. The van der Waals surface area contributed by atoms with Gasteiger partial charge in [-0.2, -0.15) is 0 Å². The maximum atomic E-state index is 11.9. The van der Waals surface area contributed by atoms with Crippen LogP contribution in [0.15, 0.2) is 29.2 Å². The van der Waals surface area contributed by atoms with Crippen molar-refractivity contribution < 1.29 is 9.53 Å². The Morgan fingerprint density at radius 3 is 3.00 bits per heavy atom. The molecule has 0 spiro atoms. The lowest BCUT2D eigenvalue weighted by Gasteiger charge is -2.33. The standard InChI is InChI=1S/C16H25N3O3/c1-13(2)10-18-7-8-22-14(11-18)9-17-15(20)12-19-6-4-3-5-16(19)21/h3-6,13-14H,7-12H2,1-2H3,(H,17,20). The molecule has 1 aliphatic heterocycles. The predicted molar refractivity (Wildman–Crippen MR) is 84.7 cm³/mol. The fraction of sp³-hybridized carbons (Fsp3) is 0.625. The average Bonchev–Trinajstić information content (AvgIpc) is 2.47. The van der Waals surface area contributed by atoms with Gasteiger partial charge >= 0.3 is 0 Å². The topological polar surface area (TPSA) is 63.6 Å². The molecule has 1 atom stereocenters. The molecule has 6 nitrogen and oxygen atoms in total. The zero-order valence-corrected chi connectivity index (χ0v) is 13.3. The third kappa shape index (κ3) is 5.27. The zero-order valence-electron chi connectivity index (χ0n) is 13.3. The molecule has 0 aromatic carbocycles. The van der Waals surface area contributed by atoms with Gasteiger partial charge in [0.2, 0.25) is 5.91 Å². The molecule has 0 bridgehead atoms. The second-order valence-electron chi connectivity index (χ2n) is 6.12. The van der Waals surface area contributed by atoms with Crippen LogP contribution in [0.3, 0.4) is 0 Å². The van der Waals surface area contributed by atoms with Crippen molar-refractivity contribution in [3.63, 3.8) is 0 Å². The maximum absolute atomic E-state index is 11.9. The minimum atomic E-state index is -0.172. The minimum absolute atomic E-state index is 0.0175. The van der Waals surface area contributed by atoms with E-state index < -0.39 is 0 Å². The Morgan fingerprint density at radius 2 is 2.27 bits per heavy atom. The van der Waals surface area contributed by atoms with Crippen molar-refractivity contribution in [2.24, 2.45) is 5.92 Å². The lowest BCUT2D eigenvalue weighted by atomic mass is 10.2. The molecule has 0 saturated carbocycles. The molecule has 122 valence electrons. The van der Waals surface area contributed by atoms with Gasteiger partial charge in [-0.1, -0.05) is 19.9 Å². The van der Waals surface area contributed by atoms with Crippen LogP contribution in [-0.4, -0.2) is 54.3 Å². The molecule has 1 aromatic heterocycles. The number of carbonyl (C=O) groups is 1. The van der Waals surface area contributed by atoms with Crippen molar-refractivity contribution in [3.8, 4) is 0 Å². The number of nitrogens with zero attached hydrogens (tertiary/aromatic N) is 2. The number of ether oxygens (including phenoxy) is 1. The van der Waals surface area contributed by atoms with Gasteiger partial charge in [0, 0.05) is 38.4 Å². The first-order chi connectivity index (χ1) is 10.5. The minimum Gasteiger partial charge on any atom is -0.374 e. The van der Waals surface area contributed by atoms with Crippen LogP contribution in [0.5, 0.6) is 0 Å². The van der Waals surface area contributed by atoms with E-state index in [1.54, 1.807) is 18.3 Å². The number of hydrogen-bond donors (Lipinski definition) is 1. The molecular weight excluding hydrogens is 282 g/mol. The third-order valence-electron chi connectivity index (χ3n) is 3.59. The molecule has 2 heterocycles. The second kappa shape index (κ2) is 8.10. The van der Waals surface area contributed by atoms with E-state index in [4.69, 9.17) is 4.74 Å². The number of carbonyl (C=O) groups excluding carboxylic acids is 1. The van der Waals surface area contributed by atoms with Crippen molar-refractivity contribution in [2.45, 2.75) is 26.5 Å². The summed E-state index contributed by atoms with van der Waals surface area (Å²) < 4.78 is 7.08. The molecule has 0 radical (unpaired) electrons. The second-order valence-corrected chi connectivity index (χ2v) is 6.12. The Bertz CT molecular complexity index is 541. The molecule has 0 aliphatic carbocycles. The van der Waals surface area contributed by atoms with Crippen molar-refractivity contribution >= 4 is 5.91 Å². The molecule has 2 rings (SSSR count). The first-order valence-electron chi connectivity index (χ1n) is 7.80. The van der Waals surface area contributed by atoms with E-state index >= 15 is 0 Å². The summed E-state index contributed by atoms with van der Waals surface area (Å²) in [5.41, 5.74) is -0.172. The van der Waals surface area contributed by atoms with Crippen LogP contribution < -0.4 is 10.9 Å². The summed E-state index contributed by atoms with van der Waals surface area (Å²) in [7, 11) is 0. The van der Waals surface area contributed by atoms with Gasteiger partial charge in [-0.3, -0.25) is 14.5 Å². The van der Waals surface area contributed by atoms with Gasteiger partial charge in [-0.15, -0.1) is 0 Å². The van der Waals surface area contributed by atoms with Crippen LogP contribution in [0.2, 0.25) is 0 Å². The number of hydrogen-bond acceptors (Lipinski definition) is 4. The molecule has 1 unspecified atom stereocenters. The highest BCUT2D eigenvalue weighted by atomic mass is 16.5. The molecule has 1 amide bonds. The Kier molecular flexibility index (Phi) is 6.15. The highest BCUT2D eigenvalue weighted by Gasteiger charge is 2.21. The Balaban J connectivity index is 1.76. The highest BCUT2D eigenvalue weighted by Crippen LogP contribution is 2.07. The number of amides is 1. The number of morpholine rings is 1. The number of nitrogens with one attached hydrogen (secondary N) is 1. The van der Waals surface area contributed by atoms with Crippen molar-refractivity contribution in [1.82, 2.24) is 14.8 Å². The predicted octanol–water partition coefficient (Wildman–Crippen LogP) is 0.321. The summed E-state index contributed by atoms with van der Waals surface area (Å²) in [6.45, 7) is 8.45. The summed E-state index contributed by atoms with van der Waals surface area (Å²) in [5.74, 6) is 0.455. The van der Waals surface area contributed by atoms with Gasteiger partial charge in [-0.05, 0) is 12.0 Å². The number of aromatic nitrogens is 1. The van der Waals surface area contributed by atoms with Crippen molar-refractivity contribution in [2.75, 3.05) is 32.8 Å². The monoisotopic (exact) mass is 307 g/mol. The summed E-state index contributed by atoms with van der Waals surface area (Å²) in [4.78, 5) is 25.9. The molecule has 6 heteroatoms.